The first-order chi connectivity index (χ1) is 8.63. The van der Waals surface area contributed by atoms with Gasteiger partial charge in [0.15, 0.2) is 0 Å². The van der Waals surface area contributed by atoms with Crippen molar-refractivity contribution in [3.05, 3.63) is 35.8 Å². The minimum atomic E-state index is -0.848. The van der Waals surface area contributed by atoms with Crippen LogP contribution in [0.2, 0.25) is 0 Å². The van der Waals surface area contributed by atoms with Gasteiger partial charge in [0.1, 0.15) is 5.82 Å². The zero-order valence-electron chi connectivity index (χ0n) is 10.2. The highest BCUT2D eigenvalue weighted by atomic mass is 19.1. The van der Waals surface area contributed by atoms with Crippen LogP contribution in [0.25, 0.3) is 10.9 Å². The van der Waals surface area contributed by atoms with Crippen molar-refractivity contribution < 1.29 is 14.3 Å². The molecule has 2 N–H and O–H groups in total. The highest BCUT2D eigenvalue weighted by Crippen LogP contribution is 2.32. The first kappa shape index (κ1) is 12.6. The second-order valence-electron chi connectivity index (χ2n) is 4.49. The van der Waals surface area contributed by atoms with Crippen LogP contribution in [0.1, 0.15) is 37.7 Å². The lowest BCUT2D eigenvalue weighted by Crippen LogP contribution is -2.06. The molecule has 0 aliphatic rings. The maximum Gasteiger partial charge on any atom is 0.303 e. The van der Waals surface area contributed by atoms with Crippen LogP contribution in [0, 0.1) is 5.82 Å². The first-order valence-corrected chi connectivity index (χ1v) is 6.10. The predicted molar refractivity (Wildman–Crippen MR) is 68.2 cm³/mol. The highest BCUT2D eigenvalue weighted by molar-refractivity contribution is 5.85. The lowest BCUT2D eigenvalue weighted by atomic mass is 9.91. The lowest BCUT2D eigenvalue weighted by Gasteiger charge is -2.13. The van der Waals surface area contributed by atoms with Crippen molar-refractivity contribution in [1.82, 2.24) is 4.98 Å². The third-order valence-electron chi connectivity index (χ3n) is 3.18. The van der Waals surface area contributed by atoms with E-state index in [1.807, 2.05) is 6.92 Å². The molecule has 18 heavy (non-hydrogen) atoms. The lowest BCUT2D eigenvalue weighted by molar-refractivity contribution is -0.137. The standard InChI is InChI=1S/C14H16FNO2/c1-2-4-9(7-13(17)18)10-8-16-12-6-3-5-11(15)14(10)12/h3,5-6,8-9,16H,2,4,7H2,1H3,(H,17,18). The second kappa shape index (κ2) is 5.21. The van der Waals surface area contributed by atoms with Crippen LogP contribution in [0.4, 0.5) is 4.39 Å². The highest BCUT2D eigenvalue weighted by Gasteiger charge is 2.20. The number of carboxylic acid groups (broad SMARTS) is 1. The molecule has 0 amide bonds. The molecule has 2 aromatic rings. The van der Waals surface area contributed by atoms with Gasteiger partial charge in [-0.15, -0.1) is 0 Å². The number of aromatic amines is 1. The Morgan fingerprint density at radius 2 is 2.28 bits per heavy atom. The Bertz CT molecular complexity index is 562. The summed E-state index contributed by atoms with van der Waals surface area (Å²) in [6.07, 6.45) is 3.39. The van der Waals surface area contributed by atoms with E-state index in [1.54, 1.807) is 18.3 Å². The predicted octanol–water partition coefficient (Wildman–Crippen LogP) is 3.67. The Labute approximate surface area is 105 Å². The van der Waals surface area contributed by atoms with Crippen LogP contribution >= 0.6 is 0 Å². The van der Waals surface area contributed by atoms with Crippen LogP contribution in [0.15, 0.2) is 24.4 Å². The quantitative estimate of drug-likeness (QED) is 0.849. The van der Waals surface area contributed by atoms with E-state index in [0.29, 0.717) is 5.39 Å². The fourth-order valence-electron chi connectivity index (χ4n) is 2.41. The zero-order valence-corrected chi connectivity index (χ0v) is 10.2. The van der Waals surface area contributed by atoms with Gasteiger partial charge in [0.25, 0.3) is 0 Å². The van der Waals surface area contributed by atoms with Gasteiger partial charge in [0, 0.05) is 17.1 Å². The van der Waals surface area contributed by atoms with E-state index in [9.17, 15) is 9.18 Å². The van der Waals surface area contributed by atoms with E-state index >= 15 is 0 Å². The molecule has 0 fully saturated rings. The molecule has 96 valence electrons. The maximum absolute atomic E-state index is 13.9. The second-order valence-corrected chi connectivity index (χ2v) is 4.49. The smallest absolute Gasteiger partial charge is 0.303 e. The molecule has 1 aromatic carbocycles. The van der Waals surface area contributed by atoms with E-state index in [-0.39, 0.29) is 18.2 Å². The summed E-state index contributed by atoms with van der Waals surface area (Å²) in [5, 5.41) is 9.47. The van der Waals surface area contributed by atoms with Crippen LogP contribution in [-0.2, 0) is 4.79 Å². The van der Waals surface area contributed by atoms with Gasteiger partial charge >= 0.3 is 5.97 Å². The number of carbonyl (C=O) groups is 1. The van der Waals surface area contributed by atoms with Crippen molar-refractivity contribution in [1.29, 1.82) is 0 Å². The van der Waals surface area contributed by atoms with Crippen molar-refractivity contribution in [3.8, 4) is 0 Å². The van der Waals surface area contributed by atoms with Crippen molar-refractivity contribution in [2.24, 2.45) is 0 Å². The van der Waals surface area contributed by atoms with Crippen LogP contribution in [-0.4, -0.2) is 16.1 Å². The number of nitrogens with one attached hydrogen (secondary N) is 1. The molecule has 2 rings (SSSR count). The topological polar surface area (TPSA) is 53.1 Å². The minimum absolute atomic E-state index is 0.0368. The van der Waals surface area contributed by atoms with Crippen LogP contribution in [0.3, 0.4) is 0 Å². The Balaban J connectivity index is 2.46. The van der Waals surface area contributed by atoms with E-state index in [4.69, 9.17) is 5.11 Å². The number of aromatic nitrogens is 1. The van der Waals surface area contributed by atoms with Gasteiger partial charge in [-0.1, -0.05) is 19.4 Å². The minimum Gasteiger partial charge on any atom is -0.481 e. The Morgan fingerprint density at radius 3 is 2.94 bits per heavy atom. The SMILES string of the molecule is CCCC(CC(=O)O)c1c[nH]c2cccc(F)c12. The molecule has 1 heterocycles. The molecule has 1 atom stereocenters. The number of fused-ring (bicyclic) bond motifs is 1. The van der Waals surface area contributed by atoms with Gasteiger partial charge in [0.05, 0.1) is 6.42 Å². The zero-order chi connectivity index (χ0) is 13.1. The molecular formula is C14H16FNO2. The number of H-pyrrole nitrogens is 1. The van der Waals surface area contributed by atoms with Gasteiger partial charge in [-0.3, -0.25) is 4.79 Å². The average Bonchev–Trinajstić information content (AvgIpc) is 2.73. The maximum atomic E-state index is 13.9. The molecule has 4 heteroatoms. The van der Waals surface area contributed by atoms with Crippen molar-refractivity contribution in [3.63, 3.8) is 0 Å². The summed E-state index contributed by atoms with van der Waals surface area (Å²) < 4.78 is 13.9. The van der Waals surface area contributed by atoms with Gasteiger partial charge in [-0.2, -0.15) is 0 Å². The summed E-state index contributed by atoms with van der Waals surface area (Å²) in [6, 6.07) is 4.85. The number of hydrogen-bond acceptors (Lipinski definition) is 1. The molecule has 0 spiro atoms. The van der Waals surface area contributed by atoms with E-state index in [2.05, 4.69) is 4.98 Å². The van der Waals surface area contributed by atoms with E-state index in [0.717, 1.165) is 23.9 Å². The average molecular weight is 249 g/mol. The van der Waals surface area contributed by atoms with Crippen LogP contribution in [0.5, 0.6) is 0 Å². The number of rotatable bonds is 5. The Hall–Kier alpha value is -1.84. The Kier molecular flexibility index (Phi) is 3.65. The number of hydrogen-bond donors (Lipinski definition) is 2. The molecule has 0 aliphatic heterocycles. The molecule has 1 aromatic heterocycles. The number of carboxylic acids is 1. The van der Waals surface area contributed by atoms with E-state index < -0.39 is 5.97 Å². The van der Waals surface area contributed by atoms with E-state index in [1.165, 1.54) is 6.07 Å². The number of halogens is 1. The fourth-order valence-corrected chi connectivity index (χ4v) is 2.41. The normalized spacial score (nSPS) is 12.8. The third kappa shape index (κ3) is 2.37. The third-order valence-corrected chi connectivity index (χ3v) is 3.18. The summed E-state index contributed by atoms with van der Waals surface area (Å²) in [4.78, 5) is 13.9. The van der Waals surface area contributed by atoms with Gasteiger partial charge in [0.2, 0.25) is 0 Å². The van der Waals surface area contributed by atoms with Gasteiger partial charge < -0.3 is 10.1 Å². The fraction of sp³-hybridized carbons (Fsp3) is 0.357. The summed E-state index contributed by atoms with van der Waals surface area (Å²) in [5.74, 6) is -1.28. The molecule has 0 aliphatic carbocycles. The summed E-state index contributed by atoms with van der Waals surface area (Å²) in [5.41, 5.74) is 1.49. The van der Waals surface area contributed by atoms with Crippen molar-refractivity contribution in [2.75, 3.05) is 0 Å². The molecule has 0 saturated heterocycles. The van der Waals surface area contributed by atoms with Gasteiger partial charge in [-0.25, -0.2) is 4.39 Å². The monoisotopic (exact) mass is 249 g/mol. The number of aliphatic carboxylic acids is 1. The molecule has 3 nitrogen and oxygen atoms in total. The van der Waals surface area contributed by atoms with Crippen molar-refractivity contribution >= 4 is 16.9 Å². The molecule has 0 radical (unpaired) electrons. The molecule has 0 saturated carbocycles. The van der Waals surface area contributed by atoms with Crippen molar-refractivity contribution in [2.45, 2.75) is 32.1 Å². The summed E-state index contributed by atoms with van der Waals surface area (Å²) in [6.45, 7) is 2.00. The Morgan fingerprint density at radius 1 is 1.50 bits per heavy atom. The van der Waals surface area contributed by atoms with Gasteiger partial charge in [-0.05, 0) is 30.0 Å². The van der Waals surface area contributed by atoms with Crippen LogP contribution < -0.4 is 0 Å². The molecule has 0 bridgehead atoms. The summed E-state index contributed by atoms with van der Waals surface area (Å²) >= 11 is 0. The summed E-state index contributed by atoms with van der Waals surface area (Å²) in [7, 11) is 0. The molecule has 1 unspecified atom stereocenters. The largest absolute Gasteiger partial charge is 0.481 e. The number of benzene rings is 1. The first-order valence-electron chi connectivity index (χ1n) is 6.10. The molecular weight excluding hydrogens is 233 g/mol.